The summed E-state index contributed by atoms with van der Waals surface area (Å²) in [4.78, 5) is 10.8. The molecule has 0 bridgehead atoms. The number of aryl methyl sites for hydroxylation is 3. The van der Waals surface area contributed by atoms with Crippen LogP contribution < -0.4 is 4.72 Å². The normalized spacial score (nSPS) is 11.8. The SMILES string of the molecule is Cc1csc(C(=O)O)c1S(=O)(=O)NCc1cn(C)nc1C. The number of aromatic carboxylic acids is 1. The van der Waals surface area contributed by atoms with Gasteiger partial charge in [-0.1, -0.05) is 0 Å². The van der Waals surface area contributed by atoms with Crippen molar-refractivity contribution in [2.75, 3.05) is 0 Å². The maximum absolute atomic E-state index is 12.3. The standard InChI is InChI=1S/C12H15N3O4S2/c1-7-6-20-10(12(16)17)11(7)21(18,19)13-4-9-5-15(3)14-8(9)2/h5-6,13H,4H2,1-3H3,(H,16,17). The molecule has 0 saturated heterocycles. The third-order valence-electron chi connectivity index (χ3n) is 2.95. The molecule has 0 aromatic carbocycles. The second-order valence-corrected chi connectivity index (χ2v) is 7.20. The summed E-state index contributed by atoms with van der Waals surface area (Å²) in [6.07, 6.45) is 1.72. The van der Waals surface area contributed by atoms with Gasteiger partial charge >= 0.3 is 5.97 Å². The summed E-state index contributed by atoms with van der Waals surface area (Å²) in [5.41, 5.74) is 1.89. The molecule has 0 radical (unpaired) electrons. The zero-order valence-corrected chi connectivity index (χ0v) is 13.4. The van der Waals surface area contributed by atoms with E-state index in [2.05, 4.69) is 9.82 Å². The van der Waals surface area contributed by atoms with Crippen LogP contribution in [0.15, 0.2) is 16.5 Å². The number of thiophene rings is 1. The highest BCUT2D eigenvalue weighted by molar-refractivity contribution is 7.89. The molecule has 0 atom stereocenters. The van der Waals surface area contributed by atoms with E-state index in [1.54, 1.807) is 31.8 Å². The smallest absolute Gasteiger partial charge is 0.347 e. The first kappa shape index (κ1) is 15.7. The van der Waals surface area contributed by atoms with Crippen molar-refractivity contribution in [1.29, 1.82) is 0 Å². The Labute approximate surface area is 126 Å². The molecule has 0 aliphatic carbocycles. The molecular weight excluding hydrogens is 314 g/mol. The van der Waals surface area contributed by atoms with E-state index in [0.717, 1.165) is 22.6 Å². The topological polar surface area (TPSA) is 101 Å². The predicted octanol–water partition coefficient (Wildman–Crippen LogP) is 1.28. The number of sulfonamides is 1. The van der Waals surface area contributed by atoms with Crippen molar-refractivity contribution in [3.8, 4) is 0 Å². The van der Waals surface area contributed by atoms with Gasteiger partial charge in [0.2, 0.25) is 10.0 Å². The van der Waals surface area contributed by atoms with Crippen LogP contribution in [0.5, 0.6) is 0 Å². The molecule has 0 aliphatic rings. The third-order valence-corrected chi connectivity index (χ3v) is 5.75. The highest BCUT2D eigenvalue weighted by Gasteiger charge is 2.26. The first-order valence-electron chi connectivity index (χ1n) is 6.02. The molecule has 0 saturated carbocycles. The average molecular weight is 329 g/mol. The van der Waals surface area contributed by atoms with Gasteiger partial charge in [-0.15, -0.1) is 11.3 Å². The molecule has 2 N–H and O–H groups in total. The van der Waals surface area contributed by atoms with Gasteiger partial charge in [-0.3, -0.25) is 4.68 Å². The first-order valence-corrected chi connectivity index (χ1v) is 8.39. The van der Waals surface area contributed by atoms with Crippen molar-refractivity contribution < 1.29 is 18.3 Å². The summed E-state index contributed by atoms with van der Waals surface area (Å²) >= 11 is 0.905. The van der Waals surface area contributed by atoms with Gasteiger partial charge < -0.3 is 5.11 Å². The largest absolute Gasteiger partial charge is 0.477 e. The molecule has 0 amide bonds. The molecule has 2 heterocycles. The second-order valence-electron chi connectivity index (χ2n) is 4.62. The van der Waals surface area contributed by atoms with Crippen molar-refractivity contribution in [1.82, 2.24) is 14.5 Å². The molecule has 0 fully saturated rings. The Morgan fingerprint density at radius 3 is 2.67 bits per heavy atom. The fourth-order valence-electron chi connectivity index (χ4n) is 1.98. The maximum atomic E-state index is 12.3. The molecule has 2 aromatic rings. The van der Waals surface area contributed by atoms with Crippen molar-refractivity contribution in [3.05, 3.63) is 33.3 Å². The average Bonchev–Trinajstić information content (AvgIpc) is 2.90. The lowest BCUT2D eigenvalue weighted by Crippen LogP contribution is -2.25. The van der Waals surface area contributed by atoms with Crippen LogP contribution in [0.25, 0.3) is 0 Å². The molecule has 21 heavy (non-hydrogen) atoms. The summed E-state index contributed by atoms with van der Waals surface area (Å²) in [5, 5.41) is 14.7. The number of carboxylic acids is 1. The lowest BCUT2D eigenvalue weighted by Gasteiger charge is -2.07. The molecule has 114 valence electrons. The van der Waals surface area contributed by atoms with Gasteiger partial charge in [0.15, 0.2) is 0 Å². The maximum Gasteiger partial charge on any atom is 0.347 e. The Bertz CT molecular complexity index is 790. The van der Waals surface area contributed by atoms with Crippen molar-refractivity contribution >= 4 is 27.3 Å². The van der Waals surface area contributed by atoms with E-state index in [4.69, 9.17) is 5.11 Å². The van der Waals surface area contributed by atoms with Crippen molar-refractivity contribution in [2.24, 2.45) is 7.05 Å². The van der Waals surface area contributed by atoms with Crippen LogP contribution in [0.4, 0.5) is 0 Å². The van der Waals surface area contributed by atoms with Crippen molar-refractivity contribution in [2.45, 2.75) is 25.3 Å². The number of rotatable bonds is 5. The zero-order valence-electron chi connectivity index (χ0n) is 11.7. The lowest BCUT2D eigenvalue weighted by atomic mass is 10.3. The van der Waals surface area contributed by atoms with Crippen LogP contribution in [-0.4, -0.2) is 29.3 Å². The van der Waals surface area contributed by atoms with Crippen molar-refractivity contribution in [3.63, 3.8) is 0 Å². The first-order chi connectivity index (χ1) is 9.72. The van der Waals surface area contributed by atoms with Gasteiger partial charge in [-0.2, -0.15) is 5.10 Å². The molecule has 2 aromatic heterocycles. The van der Waals surface area contributed by atoms with E-state index in [0.29, 0.717) is 5.56 Å². The number of carbonyl (C=O) groups is 1. The van der Waals surface area contributed by atoms with E-state index in [1.807, 2.05) is 0 Å². The van der Waals surface area contributed by atoms with E-state index < -0.39 is 16.0 Å². The monoisotopic (exact) mass is 329 g/mol. The van der Waals surface area contributed by atoms with Crippen LogP contribution in [0.3, 0.4) is 0 Å². The van der Waals surface area contributed by atoms with Gasteiger partial charge in [0.25, 0.3) is 0 Å². The van der Waals surface area contributed by atoms with Crippen LogP contribution in [0.2, 0.25) is 0 Å². The van der Waals surface area contributed by atoms with E-state index in [-0.39, 0.29) is 16.3 Å². The minimum absolute atomic E-state index is 0.0658. The van der Waals surface area contributed by atoms with Gasteiger partial charge in [0.05, 0.1) is 5.69 Å². The van der Waals surface area contributed by atoms with Gasteiger partial charge in [-0.25, -0.2) is 17.9 Å². The van der Waals surface area contributed by atoms with Gasteiger partial charge in [0, 0.05) is 25.4 Å². The summed E-state index contributed by atoms with van der Waals surface area (Å²) < 4.78 is 28.7. The number of carboxylic acid groups (broad SMARTS) is 1. The molecule has 0 spiro atoms. The number of nitrogens with zero attached hydrogens (tertiary/aromatic N) is 2. The Kier molecular flexibility index (Phi) is 4.17. The fraction of sp³-hybridized carbons (Fsp3) is 0.333. The Hall–Kier alpha value is -1.71. The van der Waals surface area contributed by atoms with E-state index in [9.17, 15) is 13.2 Å². The second kappa shape index (κ2) is 5.58. The minimum atomic E-state index is -3.89. The Balaban J connectivity index is 2.29. The summed E-state index contributed by atoms with van der Waals surface area (Å²) in [6, 6.07) is 0. The van der Waals surface area contributed by atoms with Crippen LogP contribution in [0.1, 0.15) is 26.5 Å². The quantitative estimate of drug-likeness (QED) is 0.860. The zero-order chi connectivity index (χ0) is 15.8. The highest BCUT2D eigenvalue weighted by Crippen LogP contribution is 2.26. The van der Waals surface area contributed by atoms with E-state index >= 15 is 0 Å². The fourth-order valence-corrected chi connectivity index (χ4v) is 4.62. The molecule has 9 heteroatoms. The molecule has 0 unspecified atom stereocenters. The highest BCUT2D eigenvalue weighted by atomic mass is 32.2. The molecule has 2 rings (SSSR count). The summed E-state index contributed by atoms with van der Waals surface area (Å²) in [7, 11) is -2.14. The minimum Gasteiger partial charge on any atom is -0.477 e. The number of aromatic nitrogens is 2. The van der Waals surface area contributed by atoms with Crippen LogP contribution in [-0.2, 0) is 23.6 Å². The van der Waals surface area contributed by atoms with Gasteiger partial charge in [0.1, 0.15) is 9.77 Å². The van der Waals surface area contributed by atoms with E-state index in [1.165, 1.54) is 5.38 Å². The summed E-state index contributed by atoms with van der Waals surface area (Å²) in [6.45, 7) is 3.42. The third kappa shape index (κ3) is 3.14. The predicted molar refractivity (Wildman–Crippen MR) is 78.0 cm³/mol. The number of nitrogens with one attached hydrogen (secondary N) is 1. The summed E-state index contributed by atoms with van der Waals surface area (Å²) in [5.74, 6) is -1.24. The molecule has 0 aliphatic heterocycles. The van der Waals surface area contributed by atoms with Crippen LogP contribution >= 0.6 is 11.3 Å². The lowest BCUT2D eigenvalue weighted by molar-refractivity contribution is 0.0698. The molecule has 7 nitrogen and oxygen atoms in total. The number of hydrogen-bond donors (Lipinski definition) is 2. The Morgan fingerprint density at radius 2 is 2.14 bits per heavy atom. The Morgan fingerprint density at radius 1 is 1.48 bits per heavy atom. The van der Waals surface area contributed by atoms with Crippen LogP contribution in [0, 0.1) is 13.8 Å². The van der Waals surface area contributed by atoms with Gasteiger partial charge in [-0.05, 0) is 24.8 Å². The number of hydrogen-bond acceptors (Lipinski definition) is 5. The molecular formula is C12H15N3O4S2.